The molecular formula is C21H27ClN6O2. The van der Waals surface area contributed by atoms with Crippen molar-refractivity contribution in [2.75, 3.05) is 56.5 Å². The zero-order chi connectivity index (χ0) is 21.1. The molecule has 0 unspecified atom stereocenters. The lowest BCUT2D eigenvalue weighted by molar-refractivity contribution is 0.0690. The fourth-order valence-electron chi connectivity index (χ4n) is 4.17. The number of nitrogens with zero attached hydrogens (tertiary/aromatic N) is 5. The molecule has 4 rings (SSSR count). The Bertz CT molecular complexity index is 878. The number of carboxylic acids is 1. The number of benzene rings is 1. The van der Waals surface area contributed by atoms with E-state index in [0.717, 1.165) is 37.9 Å². The minimum Gasteiger partial charge on any atom is -0.476 e. The van der Waals surface area contributed by atoms with E-state index in [9.17, 15) is 4.79 Å². The summed E-state index contributed by atoms with van der Waals surface area (Å²) >= 11 is 5.82. The van der Waals surface area contributed by atoms with Crippen LogP contribution in [-0.2, 0) is 0 Å². The fourth-order valence-corrected chi connectivity index (χ4v) is 4.34. The highest BCUT2D eigenvalue weighted by Gasteiger charge is 2.26. The van der Waals surface area contributed by atoms with E-state index in [0.29, 0.717) is 0 Å². The van der Waals surface area contributed by atoms with Gasteiger partial charge in [0.05, 0.1) is 11.2 Å². The van der Waals surface area contributed by atoms with Crippen molar-refractivity contribution in [2.45, 2.75) is 18.9 Å². The molecule has 9 heteroatoms. The number of piperidine rings is 1. The van der Waals surface area contributed by atoms with E-state index >= 15 is 0 Å². The molecule has 1 aromatic heterocycles. The standard InChI is InChI=1S/C21H27ClN6O2/c1-26-8-6-17(7-9-26)28-12-10-27(11-13-28)16-4-2-15(3-5-16)24-21-23-14-18(22)19(25-21)20(29)30/h2-5,14,17H,6-13H2,1H3,(H,29,30)(H,23,24,25). The van der Waals surface area contributed by atoms with Gasteiger partial charge in [0.2, 0.25) is 5.95 Å². The number of hydrogen-bond donors (Lipinski definition) is 2. The smallest absolute Gasteiger partial charge is 0.356 e. The second-order valence-electron chi connectivity index (χ2n) is 7.92. The van der Waals surface area contributed by atoms with Gasteiger partial charge < -0.3 is 20.2 Å². The average Bonchev–Trinajstić information content (AvgIpc) is 2.76. The minimum absolute atomic E-state index is 0.0165. The molecule has 0 bridgehead atoms. The molecule has 1 aromatic carbocycles. The zero-order valence-corrected chi connectivity index (χ0v) is 17.8. The van der Waals surface area contributed by atoms with Gasteiger partial charge in [0.15, 0.2) is 5.69 Å². The summed E-state index contributed by atoms with van der Waals surface area (Å²) in [5.41, 5.74) is 1.77. The summed E-state index contributed by atoms with van der Waals surface area (Å²) in [6.07, 6.45) is 3.83. The molecule has 30 heavy (non-hydrogen) atoms. The first-order valence-electron chi connectivity index (χ1n) is 10.3. The second kappa shape index (κ2) is 9.16. The SMILES string of the molecule is CN1CCC(N2CCN(c3ccc(Nc4ncc(Cl)c(C(=O)O)n4)cc3)CC2)CC1. The van der Waals surface area contributed by atoms with Crippen molar-refractivity contribution < 1.29 is 9.90 Å². The van der Waals surface area contributed by atoms with Gasteiger partial charge in [-0.15, -0.1) is 0 Å². The predicted octanol–water partition coefficient (Wildman–Crippen LogP) is 2.79. The molecule has 2 N–H and O–H groups in total. The molecule has 2 aliphatic heterocycles. The van der Waals surface area contributed by atoms with Crippen molar-refractivity contribution in [3.63, 3.8) is 0 Å². The molecule has 0 amide bonds. The van der Waals surface area contributed by atoms with Crippen LogP contribution >= 0.6 is 11.6 Å². The van der Waals surface area contributed by atoms with Crippen LogP contribution in [0, 0.1) is 0 Å². The summed E-state index contributed by atoms with van der Waals surface area (Å²) in [5.74, 6) is -0.975. The molecular weight excluding hydrogens is 404 g/mol. The Labute approximate surface area is 181 Å². The Balaban J connectivity index is 1.33. The van der Waals surface area contributed by atoms with Crippen molar-refractivity contribution in [1.82, 2.24) is 19.8 Å². The van der Waals surface area contributed by atoms with E-state index in [1.165, 1.54) is 37.8 Å². The average molecular weight is 431 g/mol. The van der Waals surface area contributed by atoms with Crippen LogP contribution in [0.5, 0.6) is 0 Å². The molecule has 0 aliphatic carbocycles. The third kappa shape index (κ3) is 4.83. The Morgan fingerprint density at radius 1 is 1.10 bits per heavy atom. The largest absolute Gasteiger partial charge is 0.476 e. The molecule has 2 fully saturated rings. The predicted molar refractivity (Wildman–Crippen MR) is 118 cm³/mol. The molecule has 0 radical (unpaired) electrons. The van der Waals surface area contributed by atoms with Gasteiger partial charge in [0, 0.05) is 43.6 Å². The third-order valence-corrected chi connectivity index (χ3v) is 6.23. The normalized spacial score (nSPS) is 19.1. The van der Waals surface area contributed by atoms with Gasteiger partial charge in [-0.1, -0.05) is 11.6 Å². The maximum absolute atomic E-state index is 11.2. The van der Waals surface area contributed by atoms with Crippen LogP contribution in [0.1, 0.15) is 23.3 Å². The second-order valence-corrected chi connectivity index (χ2v) is 8.33. The van der Waals surface area contributed by atoms with E-state index in [2.05, 4.69) is 49.2 Å². The van der Waals surface area contributed by atoms with E-state index in [-0.39, 0.29) is 16.7 Å². The molecule has 2 saturated heterocycles. The number of hydrogen-bond acceptors (Lipinski definition) is 7. The molecule has 2 aliphatic rings. The van der Waals surface area contributed by atoms with Crippen molar-refractivity contribution in [2.24, 2.45) is 0 Å². The van der Waals surface area contributed by atoms with E-state index in [1.807, 2.05) is 12.1 Å². The number of nitrogens with one attached hydrogen (secondary N) is 1. The number of likely N-dealkylation sites (tertiary alicyclic amines) is 1. The molecule has 2 aromatic rings. The monoisotopic (exact) mass is 430 g/mol. The lowest BCUT2D eigenvalue weighted by Crippen LogP contribution is -2.52. The number of aromatic carboxylic acids is 1. The number of carbonyl (C=O) groups is 1. The molecule has 3 heterocycles. The number of aromatic nitrogens is 2. The Morgan fingerprint density at radius 2 is 1.77 bits per heavy atom. The lowest BCUT2D eigenvalue weighted by Gasteiger charge is -2.42. The molecule has 8 nitrogen and oxygen atoms in total. The first-order valence-corrected chi connectivity index (χ1v) is 10.7. The first kappa shape index (κ1) is 20.8. The molecule has 0 spiro atoms. The summed E-state index contributed by atoms with van der Waals surface area (Å²) in [6, 6.07) is 8.78. The van der Waals surface area contributed by atoms with Gasteiger partial charge in [-0.25, -0.2) is 14.8 Å². The van der Waals surface area contributed by atoms with Crippen LogP contribution in [0.25, 0.3) is 0 Å². The maximum Gasteiger partial charge on any atom is 0.356 e. The number of halogens is 1. The molecule has 0 atom stereocenters. The van der Waals surface area contributed by atoms with E-state index in [4.69, 9.17) is 16.7 Å². The summed E-state index contributed by atoms with van der Waals surface area (Å²) < 4.78 is 0. The summed E-state index contributed by atoms with van der Waals surface area (Å²) in [4.78, 5) is 26.7. The van der Waals surface area contributed by atoms with Crippen LogP contribution in [0.4, 0.5) is 17.3 Å². The maximum atomic E-state index is 11.2. The van der Waals surface area contributed by atoms with Gasteiger partial charge >= 0.3 is 5.97 Å². The highest BCUT2D eigenvalue weighted by atomic mass is 35.5. The summed E-state index contributed by atoms with van der Waals surface area (Å²) in [6.45, 7) is 6.66. The van der Waals surface area contributed by atoms with Crippen molar-refractivity contribution in [1.29, 1.82) is 0 Å². The lowest BCUT2D eigenvalue weighted by atomic mass is 10.0. The minimum atomic E-state index is -1.18. The van der Waals surface area contributed by atoms with Crippen molar-refractivity contribution in [3.05, 3.63) is 41.2 Å². The summed E-state index contributed by atoms with van der Waals surface area (Å²) in [7, 11) is 2.21. The molecule has 0 saturated carbocycles. The highest BCUT2D eigenvalue weighted by molar-refractivity contribution is 6.33. The van der Waals surface area contributed by atoms with E-state index < -0.39 is 5.97 Å². The van der Waals surface area contributed by atoms with Gasteiger partial charge in [-0.3, -0.25) is 4.90 Å². The first-order chi connectivity index (χ1) is 14.5. The number of rotatable bonds is 5. The van der Waals surface area contributed by atoms with Gasteiger partial charge in [-0.05, 0) is 57.2 Å². The van der Waals surface area contributed by atoms with Crippen LogP contribution in [0.15, 0.2) is 30.5 Å². The Morgan fingerprint density at radius 3 is 2.40 bits per heavy atom. The highest BCUT2D eigenvalue weighted by Crippen LogP contribution is 2.24. The van der Waals surface area contributed by atoms with Crippen LogP contribution in [0.3, 0.4) is 0 Å². The number of piperazine rings is 1. The van der Waals surface area contributed by atoms with Crippen LogP contribution in [0.2, 0.25) is 5.02 Å². The van der Waals surface area contributed by atoms with Crippen LogP contribution < -0.4 is 10.2 Å². The van der Waals surface area contributed by atoms with E-state index in [1.54, 1.807) is 0 Å². The number of anilines is 3. The zero-order valence-electron chi connectivity index (χ0n) is 17.1. The Hall–Kier alpha value is -2.42. The van der Waals surface area contributed by atoms with Gasteiger partial charge in [-0.2, -0.15) is 0 Å². The van der Waals surface area contributed by atoms with Gasteiger partial charge in [0.1, 0.15) is 0 Å². The Kier molecular flexibility index (Phi) is 6.36. The quantitative estimate of drug-likeness (QED) is 0.749. The molecule has 160 valence electrons. The number of carboxylic acid groups (broad SMARTS) is 1. The third-order valence-electron chi connectivity index (χ3n) is 5.95. The van der Waals surface area contributed by atoms with Gasteiger partial charge in [0.25, 0.3) is 0 Å². The van der Waals surface area contributed by atoms with Crippen molar-refractivity contribution in [3.8, 4) is 0 Å². The van der Waals surface area contributed by atoms with Crippen LogP contribution in [-0.4, -0.2) is 83.2 Å². The topological polar surface area (TPSA) is 84.8 Å². The summed E-state index contributed by atoms with van der Waals surface area (Å²) in [5, 5.41) is 12.2. The fraction of sp³-hybridized carbons (Fsp3) is 0.476. The van der Waals surface area contributed by atoms with Crippen molar-refractivity contribution >= 4 is 34.9 Å².